The van der Waals surface area contributed by atoms with Crippen molar-refractivity contribution in [2.24, 2.45) is 0 Å². The van der Waals surface area contributed by atoms with E-state index >= 15 is 0 Å². The Bertz CT molecular complexity index is 1140. The van der Waals surface area contributed by atoms with Crippen LogP contribution >= 0.6 is 11.6 Å². The Morgan fingerprint density at radius 3 is 2.58 bits per heavy atom. The van der Waals surface area contributed by atoms with E-state index in [1.54, 1.807) is 12.1 Å². The lowest BCUT2D eigenvalue weighted by Crippen LogP contribution is -2.27. The second-order valence-electron chi connectivity index (χ2n) is 6.25. The van der Waals surface area contributed by atoms with Crippen LogP contribution in [-0.4, -0.2) is 19.9 Å². The highest BCUT2D eigenvalue weighted by Crippen LogP contribution is 2.20. The molecule has 0 fully saturated rings. The molecule has 0 saturated heterocycles. The second kappa shape index (κ2) is 7.23. The smallest absolute Gasteiger partial charge is 0.251 e. The largest absolute Gasteiger partial charge is 0.321 e. The van der Waals surface area contributed by atoms with Crippen LogP contribution in [-0.2, 0) is 16.4 Å². The molecule has 0 atom stereocenters. The summed E-state index contributed by atoms with van der Waals surface area (Å²) < 4.78 is 27.2. The average molecular weight is 391 g/mol. The lowest BCUT2D eigenvalue weighted by molar-refractivity contribution is 0.581. The predicted octanol–water partition coefficient (Wildman–Crippen LogP) is 3.32. The molecule has 0 aliphatic rings. The highest BCUT2D eigenvalue weighted by molar-refractivity contribution is 7.89. The van der Waals surface area contributed by atoms with Crippen LogP contribution in [0.25, 0.3) is 10.9 Å². The Kier molecular flexibility index (Phi) is 5.18. The van der Waals surface area contributed by atoms with Crippen molar-refractivity contribution in [2.75, 3.05) is 6.54 Å². The third kappa shape index (κ3) is 3.82. The standard InChI is InChI=1S/C19H19ClN2O3S/c1-12-9-13(2)18-15(10-12)11-14(19(23)22-18)7-8-21-26(24,25)17-6-4-3-5-16(17)20/h3-6,9-11,21H,7-8H2,1-2H3,(H,22,23). The summed E-state index contributed by atoms with van der Waals surface area (Å²) in [6, 6.07) is 12.1. The van der Waals surface area contributed by atoms with Crippen LogP contribution in [0.5, 0.6) is 0 Å². The van der Waals surface area contributed by atoms with Crippen molar-refractivity contribution in [1.82, 2.24) is 9.71 Å². The fourth-order valence-electron chi connectivity index (χ4n) is 2.98. The number of sulfonamides is 1. The van der Waals surface area contributed by atoms with Gasteiger partial charge < -0.3 is 4.98 Å². The van der Waals surface area contributed by atoms with Gasteiger partial charge in [-0.05, 0) is 55.5 Å². The molecule has 0 radical (unpaired) electrons. The summed E-state index contributed by atoms with van der Waals surface area (Å²) in [5.41, 5.74) is 3.24. The maximum Gasteiger partial charge on any atom is 0.251 e. The van der Waals surface area contributed by atoms with Crippen molar-refractivity contribution >= 4 is 32.5 Å². The summed E-state index contributed by atoms with van der Waals surface area (Å²) in [6.45, 7) is 4.05. The molecule has 0 spiro atoms. The van der Waals surface area contributed by atoms with Crippen LogP contribution in [0, 0.1) is 13.8 Å². The molecule has 0 saturated carbocycles. The molecule has 136 valence electrons. The minimum atomic E-state index is -3.72. The number of aromatic nitrogens is 1. The van der Waals surface area contributed by atoms with Gasteiger partial charge >= 0.3 is 0 Å². The number of pyridine rings is 1. The van der Waals surface area contributed by atoms with E-state index in [0.717, 1.165) is 22.0 Å². The first-order valence-corrected chi connectivity index (χ1v) is 10.0. The molecular formula is C19H19ClN2O3S. The summed E-state index contributed by atoms with van der Waals surface area (Å²) >= 11 is 5.95. The molecule has 3 rings (SSSR count). The van der Waals surface area contributed by atoms with Gasteiger partial charge in [0.15, 0.2) is 0 Å². The summed E-state index contributed by atoms with van der Waals surface area (Å²) in [5.74, 6) is 0. The molecule has 26 heavy (non-hydrogen) atoms. The number of H-pyrrole nitrogens is 1. The molecule has 5 nitrogen and oxygen atoms in total. The van der Waals surface area contributed by atoms with Gasteiger partial charge in [0.25, 0.3) is 5.56 Å². The zero-order chi connectivity index (χ0) is 18.9. The van der Waals surface area contributed by atoms with E-state index < -0.39 is 10.0 Å². The van der Waals surface area contributed by atoms with Crippen molar-refractivity contribution < 1.29 is 8.42 Å². The number of halogens is 1. The number of fused-ring (bicyclic) bond motifs is 1. The van der Waals surface area contributed by atoms with Gasteiger partial charge in [-0.15, -0.1) is 0 Å². The maximum atomic E-state index is 12.3. The third-order valence-corrected chi connectivity index (χ3v) is 6.14. The topological polar surface area (TPSA) is 79.0 Å². The van der Waals surface area contributed by atoms with Crippen LogP contribution in [0.1, 0.15) is 16.7 Å². The number of benzene rings is 2. The molecule has 0 unspecified atom stereocenters. The highest BCUT2D eigenvalue weighted by atomic mass is 35.5. The van der Waals surface area contributed by atoms with E-state index in [9.17, 15) is 13.2 Å². The lowest BCUT2D eigenvalue weighted by Gasteiger charge is -2.09. The van der Waals surface area contributed by atoms with Gasteiger partial charge in [-0.1, -0.05) is 35.4 Å². The average Bonchev–Trinajstić information content (AvgIpc) is 2.56. The van der Waals surface area contributed by atoms with E-state index in [2.05, 4.69) is 9.71 Å². The normalized spacial score (nSPS) is 11.8. The van der Waals surface area contributed by atoms with Gasteiger partial charge in [0.05, 0.1) is 10.5 Å². The summed E-state index contributed by atoms with van der Waals surface area (Å²) in [6.07, 6.45) is 0.280. The molecule has 1 heterocycles. The third-order valence-electron chi connectivity index (χ3n) is 4.18. The van der Waals surface area contributed by atoms with E-state index in [4.69, 9.17) is 11.6 Å². The van der Waals surface area contributed by atoms with Gasteiger partial charge in [-0.25, -0.2) is 13.1 Å². The van der Waals surface area contributed by atoms with Gasteiger partial charge in [-0.2, -0.15) is 0 Å². The molecule has 0 aliphatic heterocycles. The van der Waals surface area contributed by atoms with E-state index in [-0.39, 0.29) is 28.4 Å². The van der Waals surface area contributed by atoms with Crippen LogP contribution in [0.3, 0.4) is 0 Å². The monoisotopic (exact) mass is 390 g/mol. The number of aromatic amines is 1. The van der Waals surface area contributed by atoms with Crippen molar-refractivity contribution in [3.05, 3.63) is 74.5 Å². The molecule has 0 bridgehead atoms. The zero-order valence-electron chi connectivity index (χ0n) is 14.5. The Balaban J connectivity index is 1.81. The summed E-state index contributed by atoms with van der Waals surface area (Å²) in [5, 5.41) is 1.10. The second-order valence-corrected chi connectivity index (χ2v) is 8.39. The van der Waals surface area contributed by atoms with Gasteiger partial charge in [0.1, 0.15) is 4.90 Å². The number of nitrogens with one attached hydrogen (secondary N) is 2. The van der Waals surface area contributed by atoms with E-state index in [0.29, 0.717) is 5.56 Å². The molecule has 2 N–H and O–H groups in total. The Labute approximate surface area is 157 Å². The predicted molar refractivity (Wildman–Crippen MR) is 104 cm³/mol. The van der Waals surface area contributed by atoms with Gasteiger partial charge in [-0.3, -0.25) is 4.79 Å². The first kappa shape index (κ1) is 18.6. The summed E-state index contributed by atoms with van der Waals surface area (Å²) in [7, 11) is -3.72. The van der Waals surface area contributed by atoms with Gasteiger partial charge in [0.2, 0.25) is 10.0 Å². The highest BCUT2D eigenvalue weighted by Gasteiger charge is 2.17. The van der Waals surface area contributed by atoms with Crippen molar-refractivity contribution in [1.29, 1.82) is 0 Å². The summed E-state index contributed by atoms with van der Waals surface area (Å²) in [4.78, 5) is 15.2. The minimum Gasteiger partial charge on any atom is -0.321 e. The number of rotatable bonds is 5. The molecule has 2 aromatic carbocycles. The van der Waals surface area contributed by atoms with E-state index in [1.165, 1.54) is 12.1 Å². The number of hydrogen-bond acceptors (Lipinski definition) is 3. The number of aryl methyl sites for hydroxylation is 2. The quantitative estimate of drug-likeness (QED) is 0.701. The van der Waals surface area contributed by atoms with Crippen LogP contribution in [0.15, 0.2) is 52.2 Å². The van der Waals surface area contributed by atoms with Crippen molar-refractivity contribution in [3.8, 4) is 0 Å². The van der Waals surface area contributed by atoms with Gasteiger partial charge in [0, 0.05) is 12.1 Å². The first-order chi connectivity index (χ1) is 12.3. The van der Waals surface area contributed by atoms with Crippen molar-refractivity contribution in [2.45, 2.75) is 25.2 Å². The fraction of sp³-hybridized carbons (Fsp3) is 0.211. The molecule has 0 amide bonds. The Morgan fingerprint density at radius 2 is 1.85 bits per heavy atom. The molecule has 0 aliphatic carbocycles. The fourth-order valence-corrected chi connectivity index (χ4v) is 4.53. The Hall–Kier alpha value is -2.15. The SMILES string of the molecule is Cc1cc(C)c2[nH]c(=O)c(CCNS(=O)(=O)c3ccccc3Cl)cc2c1. The molecule has 1 aromatic heterocycles. The number of hydrogen-bond donors (Lipinski definition) is 2. The van der Waals surface area contributed by atoms with Crippen LogP contribution in [0.4, 0.5) is 0 Å². The van der Waals surface area contributed by atoms with E-state index in [1.807, 2.05) is 32.0 Å². The minimum absolute atomic E-state index is 0.0281. The molecule has 7 heteroatoms. The van der Waals surface area contributed by atoms with Crippen molar-refractivity contribution in [3.63, 3.8) is 0 Å². The first-order valence-electron chi connectivity index (χ1n) is 8.15. The molecule has 3 aromatic rings. The molecular weight excluding hydrogens is 372 g/mol. The maximum absolute atomic E-state index is 12.3. The zero-order valence-corrected chi connectivity index (χ0v) is 16.0. The Morgan fingerprint density at radius 1 is 1.12 bits per heavy atom. The lowest BCUT2D eigenvalue weighted by atomic mass is 10.0. The van der Waals surface area contributed by atoms with Crippen LogP contribution in [0.2, 0.25) is 5.02 Å². The van der Waals surface area contributed by atoms with Crippen LogP contribution < -0.4 is 10.3 Å².